The lowest BCUT2D eigenvalue weighted by atomic mass is 10.4. The van der Waals surface area contributed by atoms with E-state index in [4.69, 9.17) is 0 Å². The van der Waals surface area contributed by atoms with Crippen molar-refractivity contribution < 1.29 is 13.2 Å². The van der Waals surface area contributed by atoms with E-state index in [1.54, 1.807) is 0 Å². The average Bonchev–Trinajstić information content (AvgIpc) is 2.80. The Morgan fingerprint density at radius 3 is 2.82 bits per heavy atom. The van der Waals surface area contributed by atoms with Crippen molar-refractivity contribution in [2.75, 3.05) is 13.1 Å². The number of nitrogens with one attached hydrogen (secondary N) is 3. The van der Waals surface area contributed by atoms with Gasteiger partial charge in [-0.25, -0.2) is 13.1 Å². The van der Waals surface area contributed by atoms with E-state index >= 15 is 0 Å². The zero-order chi connectivity index (χ0) is 12.7. The van der Waals surface area contributed by atoms with E-state index in [2.05, 4.69) is 20.2 Å². The van der Waals surface area contributed by atoms with Gasteiger partial charge in [0.05, 0.1) is 6.20 Å². The summed E-state index contributed by atoms with van der Waals surface area (Å²) < 4.78 is 25.5. The first-order chi connectivity index (χ1) is 8.06. The summed E-state index contributed by atoms with van der Waals surface area (Å²) in [6, 6.07) is 0. The molecular weight excluding hydrogens is 244 g/mol. The molecule has 0 aromatic carbocycles. The van der Waals surface area contributed by atoms with E-state index in [1.165, 1.54) is 12.4 Å². The number of hydrogen-bond donors (Lipinski definition) is 3. The van der Waals surface area contributed by atoms with Crippen LogP contribution in [0.5, 0.6) is 0 Å². The summed E-state index contributed by atoms with van der Waals surface area (Å²) in [5.41, 5.74) is 0. The van der Waals surface area contributed by atoms with Crippen LogP contribution in [0.3, 0.4) is 0 Å². The second-order valence-electron chi connectivity index (χ2n) is 3.43. The number of sulfonamides is 1. The van der Waals surface area contributed by atoms with E-state index in [0.717, 1.165) is 6.42 Å². The molecule has 1 amide bonds. The van der Waals surface area contributed by atoms with E-state index in [0.29, 0.717) is 6.54 Å². The number of aromatic nitrogens is 2. The SMILES string of the molecule is CCCNC(=O)CCNS(=O)(=O)c1cn[nH]c1. The predicted octanol–water partition coefficient (Wildman–Crippen LogP) is -0.396. The zero-order valence-corrected chi connectivity index (χ0v) is 10.4. The lowest BCUT2D eigenvalue weighted by Crippen LogP contribution is -2.30. The van der Waals surface area contributed by atoms with Gasteiger partial charge in [0.1, 0.15) is 4.90 Å². The molecule has 0 aliphatic carbocycles. The van der Waals surface area contributed by atoms with Crippen molar-refractivity contribution >= 4 is 15.9 Å². The Bertz CT molecular complexity index is 441. The Balaban J connectivity index is 2.34. The quantitative estimate of drug-likeness (QED) is 0.620. The van der Waals surface area contributed by atoms with Crippen molar-refractivity contribution in [3.8, 4) is 0 Å². The third-order valence-electron chi connectivity index (χ3n) is 2.00. The van der Waals surface area contributed by atoms with Gasteiger partial charge in [0.25, 0.3) is 0 Å². The van der Waals surface area contributed by atoms with Crippen LogP contribution in [0.2, 0.25) is 0 Å². The number of amides is 1. The lowest BCUT2D eigenvalue weighted by molar-refractivity contribution is -0.120. The molecule has 0 unspecified atom stereocenters. The second-order valence-corrected chi connectivity index (χ2v) is 5.20. The van der Waals surface area contributed by atoms with Crippen LogP contribution in [0.1, 0.15) is 19.8 Å². The number of H-pyrrole nitrogens is 1. The molecule has 0 radical (unpaired) electrons. The third-order valence-corrected chi connectivity index (χ3v) is 3.43. The first kappa shape index (κ1) is 13.7. The van der Waals surface area contributed by atoms with Gasteiger partial charge < -0.3 is 5.32 Å². The summed E-state index contributed by atoms with van der Waals surface area (Å²) in [5, 5.41) is 8.62. The molecule has 0 atom stereocenters. The number of carbonyl (C=O) groups is 1. The van der Waals surface area contributed by atoms with E-state index in [1.807, 2.05) is 6.92 Å². The van der Waals surface area contributed by atoms with Crippen molar-refractivity contribution in [1.82, 2.24) is 20.2 Å². The molecule has 1 rings (SSSR count). The van der Waals surface area contributed by atoms with Crippen LogP contribution < -0.4 is 10.0 Å². The van der Waals surface area contributed by atoms with Gasteiger partial charge in [0.15, 0.2) is 0 Å². The Labute approximate surface area is 100 Å². The lowest BCUT2D eigenvalue weighted by Gasteiger charge is -2.05. The molecule has 7 nitrogen and oxygen atoms in total. The number of rotatable bonds is 7. The standard InChI is InChI=1S/C9H16N4O3S/c1-2-4-10-9(14)3-5-13-17(15,16)8-6-11-12-7-8/h6-7,13H,2-5H2,1H3,(H,10,14)(H,11,12). The van der Waals surface area contributed by atoms with Gasteiger partial charge in [-0.1, -0.05) is 6.92 Å². The molecule has 1 aromatic rings. The summed E-state index contributed by atoms with van der Waals surface area (Å²) in [4.78, 5) is 11.3. The molecule has 0 aliphatic rings. The number of hydrogen-bond acceptors (Lipinski definition) is 4. The number of nitrogens with zero attached hydrogens (tertiary/aromatic N) is 1. The maximum Gasteiger partial charge on any atom is 0.243 e. The largest absolute Gasteiger partial charge is 0.356 e. The average molecular weight is 260 g/mol. The fourth-order valence-electron chi connectivity index (χ4n) is 1.12. The summed E-state index contributed by atoms with van der Waals surface area (Å²) in [6.07, 6.45) is 3.46. The molecule has 0 bridgehead atoms. The highest BCUT2D eigenvalue weighted by molar-refractivity contribution is 7.89. The summed E-state index contributed by atoms with van der Waals surface area (Å²) in [7, 11) is -3.56. The van der Waals surface area contributed by atoms with Crippen molar-refractivity contribution in [1.29, 1.82) is 0 Å². The Morgan fingerprint density at radius 2 is 2.24 bits per heavy atom. The first-order valence-corrected chi connectivity index (χ1v) is 6.79. The van der Waals surface area contributed by atoms with E-state index in [-0.39, 0.29) is 23.8 Å². The Morgan fingerprint density at radius 1 is 1.47 bits per heavy atom. The van der Waals surface area contributed by atoms with Crippen molar-refractivity contribution in [3.05, 3.63) is 12.4 Å². The molecule has 0 fully saturated rings. The van der Waals surface area contributed by atoms with Gasteiger partial charge in [-0.2, -0.15) is 5.10 Å². The summed E-state index contributed by atoms with van der Waals surface area (Å²) in [6.45, 7) is 2.62. The minimum absolute atomic E-state index is 0.0615. The maximum atomic E-state index is 11.6. The molecule has 96 valence electrons. The van der Waals surface area contributed by atoms with Crippen LogP contribution in [0.15, 0.2) is 17.3 Å². The Kier molecular flexibility index (Phi) is 5.11. The molecule has 17 heavy (non-hydrogen) atoms. The summed E-state index contributed by atoms with van der Waals surface area (Å²) in [5.74, 6) is -0.165. The van der Waals surface area contributed by atoms with Gasteiger partial charge in [0.2, 0.25) is 15.9 Å². The molecule has 0 aliphatic heterocycles. The van der Waals surface area contributed by atoms with E-state index in [9.17, 15) is 13.2 Å². The van der Waals surface area contributed by atoms with Gasteiger partial charge >= 0.3 is 0 Å². The molecule has 1 aromatic heterocycles. The molecule has 0 saturated heterocycles. The summed E-state index contributed by atoms with van der Waals surface area (Å²) >= 11 is 0. The zero-order valence-electron chi connectivity index (χ0n) is 9.56. The second kappa shape index (κ2) is 6.36. The van der Waals surface area contributed by atoms with Crippen LogP contribution in [-0.2, 0) is 14.8 Å². The van der Waals surface area contributed by atoms with Crippen LogP contribution in [0.25, 0.3) is 0 Å². The topological polar surface area (TPSA) is 104 Å². The fraction of sp³-hybridized carbons (Fsp3) is 0.556. The number of aromatic amines is 1. The predicted molar refractivity (Wildman–Crippen MR) is 61.7 cm³/mol. The highest BCUT2D eigenvalue weighted by Crippen LogP contribution is 2.03. The molecule has 3 N–H and O–H groups in total. The fourth-order valence-corrected chi connectivity index (χ4v) is 2.06. The highest BCUT2D eigenvalue weighted by atomic mass is 32.2. The minimum Gasteiger partial charge on any atom is -0.356 e. The van der Waals surface area contributed by atoms with Gasteiger partial charge in [0, 0.05) is 25.7 Å². The van der Waals surface area contributed by atoms with Crippen molar-refractivity contribution in [2.24, 2.45) is 0 Å². The van der Waals surface area contributed by atoms with Crippen LogP contribution in [0, 0.1) is 0 Å². The van der Waals surface area contributed by atoms with Crippen LogP contribution in [0.4, 0.5) is 0 Å². The van der Waals surface area contributed by atoms with Crippen LogP contribution in [-0.4, -0.2) is 37.6 Å². The van der Waals surface area contributed by atoms with Crippen molar-refractivity contribution in [2.45, 2.75) is 24.7 Å². The van der Waals surface area contributed by atoms with E-state index < -0.39 is 10.0 Å². The van der Waals surface area contributed by atoms with Crippen LogP contribution >= 0.6 is 0 Å². The monoisotopic (exact) mass is 260 g/mol. The molecule has 0 spiro atoms. The molecule has 8 heteroatoms. The number of carbonyl (C=O) groups excluding carboxylic acids is 1. The van der Waals surface area contributed by atoms with Crippen molar-refractivity contribution in [3.63, 3.8) is 0 Å². The smallest absolute Gasteiger partial charge is 0.243 e. The maximum absolute atomic E-state index is 11.6. The molecule has 0 saturated carbocycles. The Hall–Kier alpha value is -1.41. The van der Waals surface area contributed by atoms with Gasteiger partial charge in [-0.05, 0) is 6.42 Å². The minimum atomic E-state index is -3.56. The highest BCUT2D eigenvalue weighted by Gasteiger charge is 2.14. The van der Waals surface area contributed by atoms with Gasteiger partial charge in [-0.15, -0.1) is 0 Å². The van der Waals surface area contributed by atoms with Gasteiger partial charge in [-0.3, -0.25) is 9.89 Å². The normalized spacial score (nSPS) is 11.4. The first-order valence-electron chi connectivity index (χ1n) is 5.31. The molecular formula is C9H16N4O3S. The third kappa shape index (κ3) is 4.53. The molecule has 1 heterocycles.